The molecule has 0 spiro atoms. The monoisotopic (exact) mass is 468 g/mol. The number of carbonyl (C=O) groups excluding carboxylic acids is 1. The third-order valence-corrected chi connectivity index (χ3v) is 6.11. The van der Waals surface area contributed by atoms with Crippen molar-refractivity contribution in [2.45, 2.75) is 20.5 Å². The van der Waals surface area contributed by atoms with Gasteiger partial charge in [-0.1, -0.05) is 41.1 Å². The van der Waals surface area contributed by atoms with E-state index in [-0.39, 0.29) is 11.9 Å². The molecule has 2 heterocycles. The molecule has 0 bridgehead atoms. The summed E-state index contributed by atoms with van der Waals surface area (Å²) >= 11 is 7.45. The molecule has 0 aliphatic carbocycles. The molecule has 7 nitrogen and oxygen atoms in total. The number of hydrogen-bond donors (Lipinski definition) is 1. The van der Waals surface area contributed by atoms with Crippen LogP contribution in [0.15, 0.2) is 48.5 Å². The zero-order valence-electron chi connectivity index (χ0n) is 17.8. The first-order chi connectivity index (χ1) is 15.4. The molecular weight excluding hydrogens is 448 g/mol. The zero-order valence-corrected chi connectivity index (χ0v) is 19.3. The number of anilines is 1. The Kier molecular flexibility index (Phi) is 6.43. The lowest BCUT2D eigenvalue weighted by molar-refractivity contribution is -0.111. The number of halogens is 1. The van der Waals surface area contributed by atoms with Gasteiger partial charge in [-0.25, -0.2) is 4.52 Å². The van der Waals surface area contributed by atoms with Crippen molar-refractivity contribution in [2.24, 2.45) is 0 Å². The van der Waals surface area contributed by atoms with E-state index in [0.29, 0.717) is 23.1 Å². The maximum absolute atomic E-state index is 12.3. The Morgan fingerprint density at radius 3 is 2.69 bits per heavy atom. The van der Waals surface area contributed by atoms with Gasteiger partial charge in [-0.15, -0.1) is 5.10 Å². The van der Waals surface area contributed by atoms with Crippen LogP contribution in [0.4, 0.5) is 5.95 Å². The molecule has 1 N–H and O–H groups in total. The van der Waals surface area contributed by atoms with Crippen molar-refractivity contribution in [1.29, 1.82) is 0 Å². The van der Waals surface area contributed by atoms with E-state index in [1.54, 1.807) is 23.8 Å². The van der Waals surface area contributed by atoms with Crippen LogP contribution in [0.1, 0.15) is 21.7 Å². The number of carbonyl (C=O) groups is 1. The van der Waals surface area contributed by atoms with Gasteiger partial charge in [0.2, 0.25) is 4.96 Å². The van der Waals surface area contributed by atoms with Gasteiger partial charge in [0.05, 0.1) is 12.8 Å². The molecule has 0 saturated carbocycles. The molecule has 4 rings (SSSR count). The number of nitrogens with zero attached hydrogens (tertiary/aromatic N) is 3. The van der Waals surface area contributed by atoms with Gasteiger partial charge in [-0.2, -0.15) is 4.98 Å². The number of rotatable bonds is 7. The number of thiazole rings is 1. The van der Waals surface area contributed by atoms with Crippen LogP contribution >= 0.6 is 22.9 Å². The number of ether oxygens (including phenoxy) is 2. The minimum absolute atomic E-state index is 0.275. The maximum atomic E-state index is 12.3. The maximum Gasteiger partial charge on any atom is 0.250 e. The number of aromatic nitrogens is 3. The van der Waals surface area contributed by atoms with E-state index < -0.39 is 0 Å². The lowest BCUT2D eigenvalue weighted by Gasteiger charge is -2.11. The molecule has 0 radical (unpaired) electrons. The van der Waals surface area contributed by atoms with Crippen molar-refractivity contribution in [2.75, 3.05) is 12.4 Å². The van der Waals surface area contributed by atoms with Crippen LogP contribution in [-0.4, -0.2) is 27.6 Å². The molecule has 0 atom stereocenters. The quantitative estimate of drug-likeness (QED) is 0.372. The lowest BCUT2D eigenvalue weighted by atomic mass is 10.2. The predicted octanol–water partition coefficient (Wildman–Crippen LogP) is 5.30. The summed E-state index contributed by atoms with van der Waals surface area (Å²) in [6.45, 7) is 4.37. The largest absolute Gasteiger partial charge is 0.493 e. The summed E-state index contributed by atoms with van der Waals surface area (Å²) in [6, 6.07) is 12.9. The Morgan fingerprint density at radius 1 is 1.19 bits per heavy atom. The average molecular weight is 469 g/mol. The van der Waals surface area contributed by atoms with Gasteiger partial charge in [0.25, 0.3) is 11.9 Å². The molecule has 32 heavy (non-hydrogen) atoms. The van der Waals surface area contributed by atoms with Crippen molar-refractivity contribution >= 4 is 45.8 Å². The van der Waals surface area contributed by atoms with Crippen molar-refractivity contribution < 1.29 is 14.3 Å². The first kappa shape index (κ1) is 21.9. The van der Waals surface area contributed by atoms with Crippen LogP contribution < -0.4 is 14.8 Å². The van der Waals surface area contributed by atoms with Crippen molar-refractivity contribution in [3.8, 4) is 11.5 Å². The SMILES string of the molecule is COc1cc(/C=C/C(=O)Nc2nc3sc(C)c(C)n3n2)ccc1OCc1ccc(Cl)cc1. The molecule has 0 unspecified atom stereocenters. The zero-order chi connectivity index (χ0) is 22.7. The molecule has 0 saturated heterocycles. The second-order valence-corrected chi connectivity index (χ2v) is 8.64. The summed E-state index contributed by atoms with van der Waals surface area (Å²) in [4.78, 5) is 18.5. The van der Waals surface area contributed by atoms with Crippen LogP contribution in [0, 0.1) is 13.8 Å². The fourth-order valence-corrected chi connectivity index (χ4v) is 4.00. The van der Waals surface area contributed by atoms with Gasteiger partial charge >= 0.3 is 0 Å². The highest BCUT2D eigenvalue weighted by molar-refractivity contribution is 7.17. The number of methoxy groups -OCH3 is 1. The minimum Gasteiger partial charge on any atom is -0.493 e. The Bertz CT molecular complexity index is 1290. The molecule has 1 amide bonds. The molecule has 164 valence electrons. The predicted molar refractivity (Wildman–Crippen MR) is 127 cm³/mol. The van der Waals surface area contributed by atoms with Crippen LogP contribution in [0.2, 0.25) is 5.02 Å². The van der Waals surface area contributed by atoms with Gasteiger partial charge in [0.1, 0.15) is 6.61 Å². The van der Waals surface area contributed by atoms with E-state index in [4.69, 9.17) is 21.1 Å². The summed E-state index contributed by atoms with van der Waals surface area (Å²) in [7, 11) is 1.57. The lowest BCUT2D eigenvalue weighted by Crippen LogP contribution is -2.09. The van der Waals surface area contributed by atoms with Gasteiger partial charge in [-0.05, 0) is 55.3 Å². The molecular formula is C23H21ClN4O3S. The van der Waals surface area contributed by atoms with Crippen molar-refractivity contribution in [1.82, 2.24) is 14.6 Å². The second kappa shape index (κ2) is 9.42. The standard InChI is InChI=1S/C23H21ClN4O3S/c1-14-15(2)32-23-26-22(27-28(14)23)25-21(29)11-7-16-6-10-19(20(12-16)30-3)31-13-17-4-8-18(24)9-5-17/h4-12H,13H2,1-3H3,(H,25,27,29)/b11-7+. The van der Waals surface area contributed by atoms with Gasteiger partial charge in [0.15, 0.2) is 11.5 Å². The normalized spacial score (nSPS) is 11.2. The smallest absolute Gasteiger partial charge is 0.250 e. The van der Waals surface area contributed by atoms with Gasteiger partial charge in [0, 0.05) is 16.0 Å². The molecule has 4 aromatic rings. The molecule has 0 fully saturated rings. The molecule has 9 heteroatoms. The summed E-state index contributed by atoms with van der Waals surface area (Å²) < 4.78 is 13.0. The van der Waals surface area contributed by atoms with Crippen molar-refractivity contribution in [3.05, 3.63) is 75.3 Å². The summed E-state index contributed by atoms with van der Waals surface area (Å²) in [5.41, 5.74) is 2.80. The Balaban J connectivity index is 1.40. The van der Waals surface area contributed by atoms with Gasteiger partial charge in [-0.3, -0.25) is 10.1 Å². The molecule has 0 aliphatic heterocycles. The fraction of sp³-hybridized carbons (Fsp3) is 0.174. The first-order valence-electron chi connectivity index (χ1n) is 9.80. The average Bonchev–Trinajstić information content (AvgIpc) is 3.29. The number of hydrogen-bond acceptors (Lipinski definition) is 6. The van der Waals surface area contributed by atoms with E-state index in [1.807, 2.05) is 50.2 Å². The Morgan fingerprint density at radius 2 is 1.97 bits per heavy atom. The third kappa shape index (κ3) is 4.92. The molecule has 2 aromatic carbocycles. The van der Waals surface area contributed by atoms with E-state index in [2.05, 4.69) is 15.4 Å². The van der Waals surface area contributed by atoms with Gasteiger partial charge < -0.3 is 9.47 Å². The number of aryl methyl sites for hydroxylation is 2. The van der Waals surface area contributed by atoms with E-state index in [9.17, 15) is 4.79 Å². The van der Waals surface area contributed by atoms with Crippen LogP contribution in [0.25, 0.3) is 11.0 Å². The fourth-order valence-electron chi connectivity index (χ4n) is 2.97. The summed E-state index contributed by atoms with van der Waals surface area (Å²) in [5.74, 6) is 1.14. The van der Waals surface area contributed by atoms with Crippen LogP contribution in [-0.2, 0) is 11.4 Å². The second-order valence-electron chi connectivity index (χ2n) is 7.02. The van der Waals surface area contributed by atoms with E-state index >= 15 is 0 Å². The van der Waals surface area contributed by atoms with Crippen molar-refractivity contribution in [3.63, 3.8) is 0 Å². The topological polar surface area (TPSA) is 77.8 Å². The number of benzene rings is 2. The van der Waals surface area contributed by atoms with Crippen LogP contribution in [0.3, 0.4) is 0 Å². The van der Waals surface area contributed by atoms with E-state index in [1.165, 1.54) is 17.4 Å². The van der Waals surface area contributed by atoms with E-state index in [0.717, 1.165) is 26.7 Å². The summed E-state index contributed by atoms with van der Waals surface area (Å²) in [6.07, 6.45) is 3.12. The first-order valence-corrected chi connectivity index (χ1v) is 11.0. The third-order valence-electron chi connectivity index (χ3n) is 4.81. The highest BCUT2D eigenvalue weighted by Gasteiger charge is 2.12. The summed E-state index contributed by atoms with van der Waals surface area (Å²) in [5, 5.41) is 7.69. The Hall–Kier alpha value is -3.36. The number of fused-ring (bicyclic) bond motifs is 1. The minimum atomic E-state index is -0.320. The highest BCUT2D eigenvalue weighted by Crippen LogP contribution is 2.29. The highest BCUT2D eigenvalue weighted by atomic mass is 35.5. The number of amides is 1. The Labute approximate surface area is 194 Å². The number of nitrogens with one attached hydrogen (secondary N) is 1. The molecule has 2 aromatic heterocycles. The van der Waals surface area contributed by atoms with Crippen LogP contribution in [0.5, 0.6) is 11.5 Å². The molecule has 0 aliphatic rings.